The van der Waals surface area contributed by atoms with Crippen molar-refractivity contribution in [3.05, 3.63) is 63.9 Å². The lowest BCUT2D eigenvalue weighted by atomic mass is 9.91. The van der Waals surface area contributed by atoms with Crippen LogP contribution in [0.3, 0.4) is 0 Å². The lowest BCUT2D eigenvalue weighted by Gasteiger charge is -2.19. The number of ether oxygens (including phenoxy) is 1. The fourth-order valence-corrected chi connectivity index (χ4v) is 3.09. The maximum Gasteiger partial charge on any atom is 0.168 e. The van der Waals surface area contributed by atoms with E-state index in [1.165, 1.54) is 12.7 Å². The van der Waals surface area contributed by atoms with Gasteiger partial charge in [-0.1, -0.05) is 46.3 Å². The molecule has 1 atom stereocenters. The average molecular weight is 352 g/mol. The summed E-state index contributed by atoms with van der Waals surface area (Å²) in [5.41, 5.74) is 1.85. The van der Waals surface area contributed by atoms with Crippen molar-refractivity contribution >= 4 is 15.9 Å². The average Bonchev–Trinajstić information content (AvgIpc) is 2.49. The largest absolute Gasteiger partial charge is 0.494 e. The van der Waals surface area contributed by atoms with Crippen LogP contribution in [0.1, 0.15) is 17.0 Å². The predicted octanol–water partition coefficient (Wildman–Crippen LogP) is 4.14. The van der Waals surface area contributed by atoms with Gasteiger partial charge in [0, 0.05) is 16.9 Å². The molecular formula is C17H19BrFNO. The molecule has 0 aliphatic heterocycles. The van der Waals surface area contributed by atoms with Gasteiger partial charge in [0.2, 0.25) is 0 Å². The normalized spacial score (nSPS) is 12.2. The Balaban J connectivity index is 2.31. The zero-order chi connectivity index (χ0) is 15.2. The van der Waals surface area contributed by atoms with Gasteiger partial charge in [-0.3, -0.25) is 0 Å². The van der Waals surface area contributed by atoms with Gasteiger partial charge < -0.3 is 10.1 Å². The monoisotopic (exact) mass is 351 g/mol. The van der Waals surface area contributed by atoms with Gasteiger partial charge in [0.1, 0.15) is 0 Å². The Kier molecular flexibility index (Phi) is 5.76. The summed E-state index contributed by atoms with van der Waals surface area (Å²) in [6, 6.07) is 13.4. The fraction of sp³-hybridized carbons (Fsp3) is 0.294. The summed E-state index contributed by atoms with van der Waals surface area (Å²) in [7, 11) is 3.40. The summed E-state index contributed by atoms with van der Waals surface area (Å²) in [6.07, 6.45) is 0.618. The van der Waals surface area contributed by atoms with Crippen LogP contribution in [-0.4, -0.2) is 20.7 Å². The molecule has 0 amide bonds. The molecule has 112 valence electrons. The van der Waals surface area contributed by atoms with Gasteiger partial charge >= 0.3 is 0 Å². The highest BCUT2D eigenvalue weighted by molar-refractivity contribution is 9.10. The van der Waals surface area contributed by atoms with E-state index >= 15 is 0 Å². The van der Waals surface area contributed by atoms with E-state index in [4.69, 9.17) is 4.74 Å². The van der Waals surface area contributed by atoms with Crippen molar-refractivity contribution in [3.63, 3.8) is 0 Å². The van der Waals surface area contributed by atoms with Crippen molar-refractivity contribution in [2.75, 3.05) is 20.7 Å². The van der Waals surface area contributed by atoms with Crippen LogP contribution in [0.2, 0.25) is 0 Å². The summed E-state index contributed by atoms with van der Waals surface area (Å²) in [6.45, 7) is 0.777. The van der Waals surface area contributed by atoms with Crippen molar-refractivity contribution in [1.29, 1.82) is 0 Å². The van der Waals surface area contributed by atoms with Crippen LogP contribution >= 0.6 is 15.9 Å². The van der Waals surface area contributed by atoms with Crippen LogP contribution in [-0.2, 0) is 6.42 Å². The minimum absolute atomic E-state index is 0.187. The van der Waals surface area contributed by atoms with Gasteiger partial charge in [-0.15, -0.1) is 0 Å². The molecule has 0 bridgehead atoms. The number of halogens is 2. The van der Waals surface area contributed by atoms with E-state index < -0.39 is 0 Å². The predicted molar refractivity (Wildman–Crippen MR) is 87.5 cm³/mol. The number of nitrogens with one attached hydrogen (secondary N) is 1. The van der Waals surface area contributed by atoms with Crippen molar-refractivity contribution in [1.82, 2.24) is 5.32 Å². The first-order chi connectivity index (χ1) is 10.2. The fourth-order valence-electron chi connectivity index (χ4n) is 2.48. The first-order valence-electron chi connectivity index (χ1n) is 6.87. The van der Waals surface area contributed by atoms with Crippen molar-refractivity contribution in [2.45, 2.75) is 12.3 Å². The highest BCUT2D eigenvalue weighted by atomic mass is 79.9. The van der Waals surface area contributed by atoms with Crippen LogP contribution in [0.5, 0.6) is 5.75 Å². The highest BCUT2D eigenvalue weighted by Crippen LogP contribution is 2.30. The number of likely N-dealkylation sites (N-methyl/N-ethyl adjacent to an activating group) is 1. The third-order valence-electron chi connectivity index (χ3n) is 3.53. The Hall–Kier alpha value is -1.39. The maximum atomic E-state index is 14.3. The Morgan fingerprint density at radius 2 is 1.95 bits per heavy atom. The molecule has 2 aromatic rings. The standard InChI is InChI=1S/C17H19BrFNO/c1-20-11-13(14-7-3-4-8-15(14)18)10-12-6-5-9-16(21-2)17(12)19/h3-9,13,20H,10-11H2,1-2H3. The van der Waals surface area contributed by atoms with E-state index in [2.05, 4.69) is 27.3 Å². The quantitative estimate of drug-likeness (QED) is 0.844. The SMILES string of the molecule is CNCC(Cc1cccc(OC)c1F)c1ccccc1Br. The van der Waals surface area contributed by atoms with E-state index in [1.54, 1.807) is 6.07 Å². The van der Waals surface area contributed by atoms with Gasteiger partial charge in [-0.25, -0.2) is 4.39 Å². The number of rotatable bonds is 6. The van der Waals surface area contributed by atoms with E-state index in [9.17, 15) is 4.39 Å². The smallest absolute Gasteiger partial charge is 0.168 e. The van der Waals surface area contributed by atoms with Crippen LogP contribution in [0.25, 0.3) is 0 Å². The van der Waals surface area contributed by atoms with Crippen LogP contribution < -0.4 is 10.1 Å². The maximum absolute atomic E-state index is 14.3. The second-order valence-electron chi connectivity index (χ2n) is 4.91. The number of hydrogen-bond donors (Lipinski definition) is 1. The molecule has 0 spiro atoms. The molecule has 1 unspecified atom stereocenters. The lowest BCUT2D eigenvalue weighted by Crippen LogP contribution is -2.20. The second-order valence-corrected chi connectivity index (χ2v) is 5.77. The first kappa shape index (κ1) is 16.0. The summed E-state index contributed by atoms with van der Waals surface area (Å²) < 4.78 is 20.4. The zero-order valence-electron chi connectivity index (χ0n) is 12.2. The van der Waals surface area contributed by atoms with Gasteiger partial charge in [0.15, 0.2) is 11.6 Å². The molecule has 4 heteroatoms. The van der Waals surface area contributed by atoms with Gasteiger partial charge in [0.25, 0.3) is 0 Å². The zero-order valence-corrected chi connectivity index (χ0v) is 13.8. The molecule has 0 radical (unpaired) electrons. The van der Waals surface area contributed by atoms with Crippen LogP contribution in [0.15, 0.2) is 46.9 Å². The molecule has 0 fully saturated rings. The van der Waals surface area contributed by atoms with Crippen molar-refractivity contribution in [3.8, 4) is 5.75 Å². The topological polar surface area (TPSA) is 21.3 Å². The first-order valence-corrected chi connectivity index (χ1v) is 7.67. The molecule has 2 nitrogen and oxygen atoms in total. The van der Waals surface area contributed by atoms with E-state index in [-0.39, 0.29) is 11.7 Å². The molecule has 0 saturated heterocycles. The molecule has 2 aromatic carbocycles. The molecule has 1 N–H and O–H groups in total. The third-order valence-corrected chi connectivity index (χ3v) is 4.25. The van der Waals surface area contributed by atoms with Crippen LogP contribution in [0, 0.1) is 5.82 Å². The Bertz CT molecular complexity index is 603. The van der Waals surface area contributed by atoms with Gasteiger partial charge in [-0.05, 0) is 36.7 Å². The Morgan fingerprint density at radius 1 is 1.19 bits per heavy atom. The molecule has 21 heavy (non-hydrogen) atoms. The molecule has 0 heterocycles. The van der Waals surface area contributed by atoms with E-state index in [1.807, 2.05) is 37.4 Å². The minimum atomic E-state index is -0.270. The number of methoxy groups -OCH3 is 1. The molecule has 0 aromatic heterocycles. The Morgan fingerprint density at radius 3 is 2.62 bits per heavy atom. The summed E-state index contributed by atoms with van der Waals surface area (Å²) in [4.78, 5) is 0. The van der Waals surface area contributed by atoms with Crippen molar-refractivity contribution in [2.24, 2.45) is 0 Å². The van der Waals surface area contributed by atoms with Gasteiger partial charge in [-0.2, -0.15) is 0 Å². The number of benzene rings is 2. The van der Waals surface area contributed by atoms with Crippen molar-refractivity contribution < 1.29 is 9.13 Å². The second kappa shape index (κ2) is 7.57. The molecule has 0 saturated carbocycles. The summed E-state index contributed by atoms with van der Waals surface area (Å²) in [5.74, 6) is 0.211. The highest BCUT2D eigenvalue weighted by Gasteiger charge is 2.17. The molecule has 0 aliphatic carbocycles. The molecule has 0 aliphatic rings. The van der Waals surface area contributed by atoms with Gasteiger partial charge in [0.05, 0.1) is 7.11 Å². The number of hydrogen-bond acceptors (Lipinski definition) is 2. The minimum Gasteiger partial charge on any atom is -0.494 e. The Labute approximate surface area is 133 Å². The third kappa shape index (κ3) is 3.83. The summed E-state index contributed by atoms with van der Waals surface area (Å²) in [5, 5.41) is 3.19. The lowest BCUT2D eigenvalue weighted by molar-refractivity contribution is 0.383. The molecule has 2 rings (SSSR count). The van der Waals surface area contributed by atoms with E-state index in [0.717, 1.165) is 11.0 Å². The summed E-state index contributed by atoms with van der Waals surface area (Å²) >= 11 is 3.58. The molecular weight excluding hydrogens is 333 g/mol. The van der Waals surface area contributed by atoms with Crippen LogP contribution in [0.4, 0.5) is 4.39 Å². The van der Waals surface area contributed by atoms with E-state index in [0.29, 0.717) is 17.7 Å².